The molecule has 0 aliphatic carbocycles. The molecule has 3 rings (SSSR count). The van der Waals surface area contributed by atoms with Crippen LogP contribution in [0.3, 0.4) is 0 Å². The van der Waals surface area contributed by atoms with Crippen molar-refractivity contribution in [3.63, 3.8) is 0 Å². The maximum Gasteiger partial charge on any atom is 0.0703 e. The van der Waals surface area contributed by atoms with E-state index < -0.39 is 0 Å². The zero-order valence-corrected chi connectivity index (χ0v) is 11.1. The minimum absolute atomic E-state index is 0.764. The number of hydrogen-bond donors (Lipinski definition) is 1. The predicted molar refractivity (Wildman–Crippen MR) is 77.0 cm³/mol. The SMILES string of the molecule is Cc1c(CNc2cnc3ccccc3c2)cnn1C. The summed E-state index contributed by atoms with van der Waals surface area (Å²) in [4.78, 5) is 4.44. The number of hydrogen-bond acceptors (Lipinski definition) is 3. The van der Waals surface area contributed by atoms with Crippen LogP contribution in [0.2, 0.25) is 0 Å². The van der Waals surface area contributed by atoms with Crippen molar-refractivity contribution >= 4 is 16.6 Å². The molecular formula is C15H16N4. The van der Waals surface area contributed by atoms with Crippen LogP contribution < -0.4 is 5.32 Å². The molecule has 0 saturated heterocycles. The van der Waals surface area contributed by atoms with Crippen LogP contribution in [-0.4, -0.2) is 14.8 Å². The molecule has 0 atom stereocenters. The fourth-order valence-electron chi connectivity index (χ4n) is 2.08. The maximum absolute atomic E-state index is 4.44. The van der Waals surface area contributed by atoms with E-state index in [1.807, 2.05) is 42.3 Å². The molecule has 0 radical (unpaired) electrons. The van der Waals surface area contributed by atoms with Crippen LogP contribution in [0.5, 0.6) is 0 Å². The number of benzene rings is 1. The van der Waals surface area contributed by atoms with Crippen LogP contribution in [0, 0.1) is 6.92 Å². The molecule has 0 unspecified atom stereocenters. The topological polar surface area (TPSA) is 42.7 Å². The van der Waals surface area contributed by atoms with E-state index in [1.54, 1.807) is 0 Å². The van der Waals surface area contributed by atoms with Gasteiger partial charge in [0, 0.05) is 30.2 Å². The van der Waals surface area contributed by atoms with Crippen molar-refractivity contribution in [2.45, 2.75) is 13.5 Å². The number of fused-ring (bicyclic) bond motifs is 1. The van der Waals surface area contributed by atoms with Crippen molar-refractivity contribution in [2.75, 3.05) is 5.32 Å². The number of anilines is 1. The Labute approximate surface area is 112 Å². The first kappa shape index (κ1) is 11.7. The Hall–Kier alpha value is -2.36. The molecular weight excluding hydrogens is 236 g/mol. The van der Waals surface area contributed by atoms with Crippen molar-refractivity contribution in [3.8, 4) is 0 Å². The third kappa shape index (κ3) is 2.29. The molecule has 1 aromatic carbocycles. The third-order valence-corrected chi connectivity index (χ3v) is 3.41. The van der Waals surface area contributed by atoms with Gasteiger partial charge in [-0.1, -0.05) is 18.2 Å². The van der Waals surface area contributed by atoms with Gasteiger partial charge in [-0.15, -0.1) is 0 Å². The molecule has 96 valence electrons. The molecule has 0 aliphatic heterocycles. The van der Waals surface area contributed by atoms with Gasteiger partial charge in [0.1, 0.15) is 0 Å². The van der Waals surface area contributed by atoms with Crippen molar-refractivity contribution in [3.05, 3.63) is 54.0 Å². The van der Waals surface area contributed by atoms with Gasteiger partial charge in [0.25, 0.3) is 0 Å². The molecule has 3 aromatic rings. The standard InChI is InChI=1S/C15H16N4/c1-11-13(9-18-19(11)2)8-16-14-7-12-5-3-4-6-15(12)17-10-14/h3-7,9-10,16H,8H2,1-2H3. The first-order chi connectivity index (χ1) is 9.24. The summed E-state index contributed by atoms with van der Waals surface area (Å²) in [7, 11) is 1.95. The number of aryl methyl sites for hydroxylation is 1. The Morgan fingerprint density at radius 3 is 2.84 bits per heavy atom. The van der Waals surface area contributed by atoms with Gasteiger partial charge in [-0.3, -0.25) is 9.67 Å². The quantitative estimate of drug-likeness (QED) is 0.779. The van der Waals surface area contributed by atoms with Crippen LogP contribution in [0.4, 0.5) is 5.69 Å². The maximum atomic E-state index is 4.44. The highest BCUT2D eigenvalue weighted by molar-refractivity contribution is 5.81. The number of nitrogens with one attached hydrogen (secondary N) is 1. The monoisotopic (exact) mass is 252 g/mol. The van der Waals surface area contributed by atoms with Gasteiger partial charge in [0.2, 0.25) is 0 Å². The van der Waals surface area contributed by atoms with Crippen LogP contribution in [0.25, 0.3) is 10.9 Å². The number of aromatic nitrogens is 3. The molecule has 4 heteroatoms. The lowest BCUT2D eigenvalue weighted by Gasteiger charge is -2.07. The lowest BCUT2D eigenvalue weighted by Crippen LogP contribution is -2.01. The highest BCUT2D eigenvalue weighted by Gasteiger charge is 2.03. The smallest absolute Gasteiger partial charge is 0.0703 e. The molecule has 0 saturated carbocycles. The number of rotatable bonds is 3. The molecule has 4 nitrogen and oxygen atoms in total. The molecule has 0 amide bonds. The van der Waals surface area contributed by atoms with Crippen molar-refractivity contribution in [1.29, 1.82) is 0 Å². The summed E-state index contributed by atoms with van der Waals surface area (Å²) in [6.45, 7) is 2.84. The van der Waals surface area contributed by atoms with Gasteiger partial charge in [-0.25, -0.2) is 0 Å². The minimum atomic E-state index is 0.764. The Kier molecular flexibility index (Phi) is 2.91. The summed E-state index contributed by atoms with van der Waals surface area (Å²) in [5, 5.41) is 8.78. The Bertz CT molecular complexity index is 715. The zero-order valence-electron chi connectivity index (χ0n) is 11.1. The number of para-hydroxylation sites is 1. The van der Waals surface area contributed by atoms with Gasteiger partial charge >= 0.3 is 0 Å². The molecule has 0 bridgehead atoms. The van der Waals surface area contributed by atoms with Gasteiger partial charge in [-0.2, -0.15) is 5.10 Å². The summed E-state index contributed by atoms with van der Waals surface area (Å²) in [6, 6.07) is 10.2. The molecule has 2 aromatic heterocycles. The van der Waals surface area contributed by atoms with E-state index in [2.05, 4.69) is 34.5 Å². The predicted octanol–water partition coefficient (Wildman–Crippen LogP) is 2.89. The molecule has 2 heterocycles. The summed E-state index contributed by atoms with van der Waals surface area (Å²) in [5.74, 6) is 0. The highest BCUT2D eigenvalue weighted by atomic mass is 15.3. The van der Waals surface area contributed by atoms with Crippen molar-refractivity contribution in [2.24, 2.45) is 7.05 Å². The molecule has 19 heavy (non-hydrogen) atoms. The fraction of sp³-hybridized carbons (Fsp3) is 0.200. The normalized spacial score (nSPS) is 10.8. The number of pyridine rings is 1. The average Bonchev–Trinajstić information content (AvgIpc) is 2.76. The second-order valence-corrected chi connectivity index (χ2v) is 4.65. The second kappa shape index (κ2) is 4.72. The van der Waals surface area contributed by atoms with E-state index in [-0.39, 0.29) is 0 Å². The summed E-state index contributed by atoms with van der Waals surface area (Å²) in [6.07, 6.45) is 3.77. The third-order valence-electron chi connectivity index (χ3n) is 3.41. The first-order valence-electron chi connectivity index (χ1n) is 6.30. The highest BCUT2D eigenvalue weighted by Crippen LogP contribution is 2.17. The molecule has 1 N–H and O–H groups in total. The minimum Gasteiger partial charge on any atom is -0.380 e. The van der Waals surface area contributed by atoms with Gasteiger partial charge in [0.05, 0.1) is 23.6 Å². The first-order valence-corrected chi connectivity index (χ1v) is 6.30. The van der Waals surface area contributed by atoms with E-state index in [0.717, 1.165) is 23.1 Å². The van der Waals surface area contributed by atoms with E-state index in [1.165, 1.54) is 11.3 Å². The second-order valence-electron chi connectivity index (χ2n) is 4.65. The Balaban J connectivity index is 1.80. The van der Waals surface area contributed by atoms with Crippen molar-refractivity contribution in [1.82, 2.24) is 14.8 Å². The van der Waals surface area contributed by atoms with Gasteiger partial charge in [-0.05, 0) is 19.1 Å². The largest absolute Gasteiger partial charge is 0.380 e. The molecule has 0 spiro atoms. The average molecular weight is 252 g/mol. The Morgan fingerprint density at radius 1 is 1.21 bits per heavy atom. The van der Waals surface area contributed by atoms with Gasteiger partial charge < -0.3 is 5.32 Å². The lowest BCUT2D eigenvalue weighted by atomic mass is 10.2. The molecule has 0 aliphatic rings. The van der Waals surface area contributed by atoms with Gasteiger partial charge in [0.15, 0.2) is 0 Å². The Morgan fingerprint density at radius 2 is 2.05 bits per heavy atom. The van der Waals surface area contributed by atoms with E-state index >= 15 is 0 Å². The summed E-state index contributed by atoms with van der Waals surface area (Å²) in [5.41, 5.74) is 4.43. The van der Waals surface area contributed by atoms with E-state index in [4.69, 9.17) is 0 Å². The number of nitrogens with zero attached hydrogens (tertiary/aromatic N) is 3. The fourth-order valence-corrected chi connectivity index (χ4v) is 2.08. The van der Waals surface area contributed by atoms with Crippen LogP contribution in [0.1, 0.15) is 11.3 Å². The van der Waals surface area contributed by atoms with Crippen LogP contribution in [0.15, 0.2) is 42.7 Å². The summed E-state index contributed by atoms with van der Waals surface area (Å²) >= 11 is 0. The van der Waals surface area contributed by atoms with E-state index in [0.29, 0.717) is 0 Å². The van der Waals surface area contributed by atoms with Crippen LogP contribution >= 0.6 is 0 Å². The molecule has 0 fully saturated rings. The zero-order chi connectivity index (χ0) is 13.2. The lowest BCUT2D eigenvalue weighted by molar-refractivity contribution is 0.738. The van der Waals surface area contributed by atoms with E-state index in [9.17, 15) is 0 Å². The van der Waals surface area contributed by atoms with Crippen LogP contribution in [-0.2, 0) is 13.6 Å². The van der Waals surface area contributed by atoms with Crippen molar-refractivity contribution < 1.29 is 0 Å². The summed E-state index contributed by atoms with van der Waals surface area (Å²) < 4.78 is 1.88.